The van der Waals surface area contributed by atoms with Gasteiger partial charge in [0.05, 0.1) is 24.5 Å². The average molecular weight is 360 g/mol. The van der Waals surface area contributed by atoms with Crippen LogP contribution in [0.5, 0.6) is 0 Å². The zero-order valence-corrected chi connectivity index (χ0v) is 15.5. The molecule has 6 nitrogen and oxygen atoms in total. The lowest BCUT2D eigenvalue weighted by Crippen LogP contribution is -2.39. The molecule has 1 aromatic carbocycles. The van der Waals surface area contributed by atoms with Crippen LogP contribution >= 0.6 is 0 Å². The first-order chi connectivity index (χ1) is 12.3. The Labute approximate surface area is 152 Å². The molecule has 0 unspecified atom stereocenters. The summed E-state index contributed by atoms with van der Waals surface area (Å²) in [6.07, 6.45) is 2.41. The highest BCUT2D eigenvalue weighted by molar-refractivity contribution is 5.85. The zero-order valence-electron chi connectivity index (χ0n) is 15.5. The third-order valence-electron chi connectivity index (χ3n) is 4.45. The molecular weight excluding hydrogens is 335 g/mol. The van der Waals surface area contributed by atoms with Crippen LogP contribution in [0, 0.1) is 18.7 Å². The van der Waals surface area contributed by atoms with E-state index in [1.807, 2.05) is 27.7 Å². The Kier molecular flexibility index (Phi) is 6.49. The lowest BCUT2D eigenvalue weighted by Gasteiger charge is -2.15. The number of nitrogens with zero attached hydrogens (tertiary/aromatic N) is 2. The minimum Gasteiger partial charge on any atom is -0.348 e. The van der Waals surface area contributed by atoms with E-state index in [4.69, 9.17) is 0 Å². The van der Waals surface area contributed by atoms with Crippen molar-refractivity contribution in [3.63, 3.8) is 0 Å². The molecule has 0 aliphatic carbocycles. The minimum absolute atomic E-state index is 0.0569. The van der Waals surface area contributed by atoms with Crippen molar-refractivity contribution in [3.05, 3.63) is 47.5 Å². The quantitative estimate of drug-likeness (QED) is 0.797. The van der Waals surface area contributed by atoms with Gasteiger partial charge in [-0.05, 0) is 44.5 Å². The molecule has 2 aromatic rings. The van der Waals surface area contributed by atoms with E-state index < -0.39 is 0 Å². The van der Waals surface area contributed by atoms with Crippen molar-refractivity contribution in [1.29, 1.82) is 0 Å². The van der Waals surface area contributed by atoms with E-state index in [0.29, 0.717) is 0 Å². The summed E-state index contributed by atoms with van der Waals surface area (Å²) < 4.78 is 14.8. The van der Waals surface area contributed by atoms with Crippen molar-refractivity contribution in [3.8, 4) is 5.69 Å². The predicted molar refractivity (Wildman–Crippen MR) is 97.3 cm³/mol. The first-order valence-electron chi connectivity index (χ1n) is 8.71. The Bertz CT molecular complexity index is 770. The van der Waals surface area contributed by atoms with Crippen molar-refractivity contribution >= 4 is 11.8 Å². The first kappa shape index (κ1) is 19.6. The fourth-order valence-corrected chi connectivity index (χ4v) is 2.59. The van der Waals surface area contributed by atoms with Crippen LogP contribution in [-0.4, -0.2) is 28.1 Å². The molecule has 26 heavy (non-hydrogen) atoms. The van der Waals surface area contributed by atoms with Crippen LogP contribution in [0.1, 0.15) is 44.5 Å². The summed E-state index contributed by atoms with van der Waals surface area (Å²) >= 11 is 0. The fourth-order valence-electron chi connectivity index (χ4n) is 2.59. The summed E-state index contributed by atoms with van der Waals surface area (Å²) in [6.45, 7) is 7.43. The van der Waals surface area contributed by atoms with Gasteiger partial charge in [-0.2, -0.15) is 5.10 Å². The van der Waals surface area contributed by atoms with E-state index in [1.165, 1.54) is 12.1 Å². The van der Waals surface area contributed by atoms with Crippen molar-refractivity contribution in [2.45, 2.75) is 40.2 Å². The number of hydrogen-bond donors (Lipinski definition) is 2. The smallest absolute Gasteiger partial charge is 0.239 e. The summed E-state index contributed by atoms with van der Waals surface area (Å²) in [5.74, 6) is -0.811. The number of rotatable bonds is 7. The summed E-state index contributed by atoms with van der Waals surface area (Å²) in [6, 6.07) is 5.78. The standard InChI is InChI=1S/C19H25FN4O2/c1-5-12(2)19(26)21-11-18(25)23-13(3)17-10-22-24(14(17)4)16-8-6-15(20)7-9-16/h6-10,12-13H,5,11H2,1-4H3,(H,21,26)(H,23,25)/t12-,13-/m1/s1. The molecule has 1 aromatic heterocycles. The first-order valence-corrected chi connectivity index (χ1v) is 8.71. The van der Waals surface area contributed by atoms with Gasteiger partial charge in [0.25, 0.3) is 0 Å². The summed E-state index contributed by atoms with van der Waals surface area (Å²) in [7, 11) is 0. The second kappa shape index (κ2) is 8.60. The van der Waals surface area contributed by atoms with Gasteiger partial charge in [0, 0.05) is 17.2 Å². The number of carbonyl (C=O) groups is 2. The molecule has 140 valence electrons. The summed E-state index contributed by atoms with van der Waals surface area (Å²) in [4.78, 5) is 23.8. The maximum absolute atomic E-state index is 13.1. The molecule has 0 bridgehead atoms. The van der Waals surface area contributed by atoms with Crippen molar-refractivity contribution in [2.75, 3.05) is 6.54 Å². The number of carbonyl (C=O) groups excluding carboxylic acids is 2. The van der Waals surface area contributed by atoms with E-state index in [-0.39, 0.29) is 36.1 Å². The largest absolute Gasteiger partial charge is 0.348 e. The maximum Gasteiger partial charge on any atom is 0.239 e. The van der Waals surface area contributed by atoms with Crippen LogP contribution in [-0.2, 0) is 9.59 Å². The van der Waals surface area contributed by atoms with Gasteiger partial charge in [0.15, 0.2) is 0 Å². The molecule has 7 heteroatoms. The van der Waals surface area contributed by atoms with Crippen LogP contribution in [0.3, 0.4) is 0 Å². The number of benzene rings is 1. The van der Waals surface area contributed by atoms with E-state index in [0.717, 1.165) is 23.4 Å². The van der Waals surface area contributed by atoms with Gasteiger partial charge in [-0.1, -0.05) is 13.8 Å². The molecule has 2 amide bonds. The Balaban J connectivity index is 1.99. The molecule has 2 rings (SSSR count). The molecule has 0 radical (unpaired) electrons. The van der Waals surface area contributed by atoms with Crippen molar-refractivity contribution in [1.82, 2.24) is 20.4 Å². The van der Waals surface area contributed by atoms with Gasteiger partial charge in [0.1, 0.15) is 5.82 Å². The topological polar surface area (TPSA) is 76.0 Å². The molecule has 1 heterocycles. The third-order valence-corrected chi connectivity index (χ3v) is 4.45. The van der Waals surface area contributed by atoms with E-state index >= 15 is 0 Å². The highest BCUT2D eigenvalue weighted by atomic mass is 19.1. The Morgan fingerprint density at radius 2 is 1.88 bits per heavy atom. The van der Waals surface area contributed by atoms with E-state index in [1.54, 1.807) is 23.0 Å². The molecule has 2 atom stereocenters. The highest BCUT2D eigenvalue weighted by Crippen LogP contribution is 2.20. The van der Waals surface area contributed by atoms with Gasteiger partial charge in [-0.25, -0.2) is 9.07 Å². The second-order valence-corrected chi connectivity index (χ2v) is 6.39. The summed E-state index contributed by atoms with van der Waals surface area (Å²) in [5, 5.41) is 9.82. The lowest BCUT2D eigenvalue weighted by atomic mass is 10.1. The molecule has 0 fully saturated rings. The minimum atomic E-state index is -0.307. The van der Waals surface area contributed by atoms with Crippen LogP contribution < -0.4 is 10.6 Å². The number of amides is 2. The van der Waals surface area contributed by atoms with Gasteiger partial charge in [0.2, 0.25) is 11.8 Å². The van der Waals surface area contributed by atoms with Crippen molar-refractivity contribution < 1.29 is 14.0 Å². The molecule has 0 saturated heterocycles. The molecule has 0 aliphatic heterocycles. The third kappa shape index (κ3) is 4.68. The fraction of sp³-hybridized carbons (Fsp3) is 0.421. The highest BCUT2D eigenvalue weighted by Gasteiger charge is 2.17. The zero-order chi connectivity index (χ0) is 19.3. The van der Waals surface area contributed by atoms with E-state index in [9.17, 15) is 14.0 Å². The SMILES string of the molecule is CC[C@@H](C)C(=O)NCC(=O)N[C@H](C)c1cnn(-c2ccc(F)cc2)c1C. The van der Waals surface area contributed by atoms with Crippen LogP contribution in [0.4, 0.5) is 4.39 Å². The summed E-state index contributed by atoms with van der Waals surface area (Å²) in [5.41, 5.74) is 2.46. The molecule has 0 spiro atoms. The van der Waals surface area contributed by atoms with Crippen LogP contribution in [0.15, 0.2) is 30.5 Å². The lowest BCUT2D eigenvalue weighted by molar-refractivity contribution is -0.128. The Hall–Kier alpha value is -2.70. The molecule has 0 saturated carbocycles. The maximum atomic E-state index is 13.1. The van der Waals surface area contributed by atoms with E-state index in [2.05, 4.69) is 15.7 Å². The number of halogens is 1. The number of aromatic nitrogens is 2. The van der Waals surface area contributed by atoms with Gasteiger partial charge in [-0.15, -0.1) is 0 Å². The normalized spacial score (nSPS) is 13.1. The number of hydrogen-bond acceptors (Lipinski definition) is 3. The molecule has 2 N–H and O–H groups in total. The monoisotopic (exact) mass is 360 g/mol. The van der Waals surface area contributed by atoms with Gasteiger partial charge < -0.3 is 10.6 Å². The number of nitrogens with one attached hydrogen (secondary N) is 2. The average Bonchev–Trinajstić information content (AvgIpc) is 3.01. The van der Waals surface area contributed by atoms with Crippen LogP contribution in [0.25, 0.3) is 5.69 Å². The predicted octanol–water partition coefficient (Wildman–Crippen LogP) is 2.66. The van der Waals surface area contributed by atoms with Crippen molar-refractivity contribution in [2.24, 2.45) is 5.92 Å². The van der Waals surface area contributed by atoms with Gasteiger partial charge in [-0.3, -0.25) is 9.59 Å². The Morgan fingerprint density at radius 3 is 2.50 bits per heavy atom. The van der Waals surface area contributed by atoms with Gasteiger partial charge >= 0.3 is 0 Å². The Morgan fingerprint density at radius 1 is 1.23 bits per heavy atom. The molecule has 0 aliphatic rings. The molecular formula is C19H25FN4O2. The van der Waals surface area contributed by atoms with Crippen LogP contribution in [0.2, 0.25) is 0 Å². The second-order valence-electron chi connectivity index (χ2n) is 6.39.